The number of aryl methyl sites for hydroxylation is 2. The van der Waals surface area contributed by atoms with E-state index in [1.807, 2.05) is 36.3 Å². The number of hydrogen-bond donors (Lipinski definition) is 0. The first-order chi connectivity index (χ1) is 10.6. The van der Waals surface area contributed by atoms with E-state index in [-0.39, 0.29) is 0 Å². The van der Waals surface area contributed by atoms with E-state index in [1.54, 1.807) is 6.07 Å². The van der Waals surface area contributed by atoms with Crippen molar-refractivity contribution < 1.29 is 9.47 Å². The lowest BCUT2D eigenvalue weighted by Crippen LogP contribution is -2.27. The van der Waals surface area contributed by atoms with Crippen molar-refractivity contribution in [2.45, 2.75) is 25.0 Å². The van der Waals surface area contributed by atoms with Gasteiger partial charge in [0.25, 0.3) is 0 Å². The van der Waals surface area contributed by atoms with Gasteiger partial charge in [-0.2, -0.15) is 0 Å². The van der Waals surface area contributed by atoms with Crippen LogP contribution in [0, 0.1) is 0 Å². The number of nitrogens with zero attached hydrogens (tertiary/aromatic N) is 2. The van der Waals surface area contributed by atoms with Crippen molar-refractivity contribution in [1.82, 2.24) is 9.55 Å². The first kappa shape index (κ1) is 15.8. The van der Waals surface area contributed by atoms with E-state index in [9.17, 15) is 0 Å². The van der Waals surface area contributed by atoms with Crippen LogP contribution in [-0.4, -0.2) is 22.8 Å². The van der Waals surface area contributed by atoms with Gasteiger partial charge in [0.1, 0.15) is 0 Å². The highest BCUT2D eigenvalue weighted by Gasteiger charge is 2.39. The van der Waals surface area contributed by atoms with Gasteiger partial charge in [0.05, 0.1) is 24.6 Å². The van der Waals surface area contributed by atoms with Crippen LogP contribution in [-0.2, 0) is 28.7 Å². The number of hydrogen-bond acceptors (Lipinski definition) is 3. The minimum atomic E-state index is -0.764. The Kier molecular flexibility index (Phi) is 4.73. The summed E-state index contributed by atoms with van der Waals surface area (Å²) in [5.74, 6) is -0.764. The third-order valence-corrected chi connectivity index (χ3v) is 4.50. The molecule has 22 heavy (non-hydrogen) atoms. The number of ether oxygens (including phenoxy) is 2. The fourth-order valence-corrected chi connectivity index (χ4v) is 3.37. The molecular weight excluding hydrogens is 323 g/mol. The van der Waals surface area contributed by atoms with Crippen LogP contribution in [0.3, 0.4) is 0 Å². The lowest BCUT2D eigenvalue weighted by Gasteiger charge is -2.29. The Morgan fingerprint density at radius 2 is 2.05 bits per heavy atom. The molecule has 0 bridgehead atoms. The molecule has 1 aliphatic rings. The van der Waals surface area contributed by atoms with Gasteiger partial charge in [-0.15, -0.1) is 0 Å². The molecule has 0 spiro atoms. The second kappa shape index (κ2) is 6.59. The van der Waals surface area contributed by atoms with Crippen molar-refractivity contribution in [3.05, 3.63) is 52.0 Å². The lowest BCUT2D eigenvalue weighted by atomic mass is 9.99. The normalized spacial score (nSPS) is 17.0. The topological polar surface area (TPSA) is 36.3 Å². The molecule has 1 aliphatic heterocycles. The summed E-state index contributed by atoms with van der Waals surface area (Å²) in [7, 11) is 2.00. The SMILES string of the molecule is Cn1cncc1CCCC1(c2ccc(Cl)cc2Cl)OCCO1. The van der Waals surface area contributed by atoms with Crippen molar-refractivity contribution >= 4 is 23.2 Å². The molecule has 0 unspecified atom stereocenters. The van der Waals surface area contributed by atoms with Crippen LogP contribution in [0.1, 0.15) is 24.1 Å². The van der Waals surface area contributed by atoms with Gasteiger partial charge in [-0.3, -0.25) is 0 Å². The molecule has 0 radical (unpaired) electrons. The molecule has 6 heteroatoms. The Bertz CT molecular complexity index is 651. The zero-order valence-electron chi connectivity index (χ0n) is 12.4. The average molecular weight is 341 g/mol. The van der Waals surface area contributed by atoms with Crippen LogP contribution in [0.4, 0.5) is 0 Å². The van der Waals surface area contributed by atoms with Crippen molar-refractivity contribution in [2.24, 2.45) is 7.05 Å². The fraction of sp³-hybridized carbons (Fsp3) is 0.438. The average Bonchev–Trinajstić information content (AvgIpc) is 3.10. The Morgan fingerprint density at radius 3 is 2.68 bits per heavy atom. The molecule has 0 N–H and O–H groups in total. The molecule has 1 saturated heterocycles. The third kappa shape index (κ3) is 3.15. The summed E-state index contributed by atoms with van der Waals surface area (Å²) in [6, 6.07) is 5.43. The minimum absolute atomic E-state index is 0.574. The molecule has 4 nitrogen and oxygen atoms in total. The molecule has 0 saturated carbocycles. The van der Waals surface area contributed by atoms with Crippen molar-refractivity contribution in [1.29, 1.82) is 0 Å². The summed E-state index contributed by atoms with van der Waals surface area (Å²) < 4.78 is 13.9. The van der Waals surface area contributed by atoms with E-state index in [0.29, 0.717) is 23.3 Å². The van der Waals surface area contributed by atoms with Crippen molar-refractivity contribution in [3.8, 4) is 0 Å². The largest absolute Gasteiger partial charge is 0.343 e. The molecule has 118 valence electrons. The highest BCUT2D eigenvalue weighted by molar-refractivity contribution is 6.35. The van der Waals surface area contributed by atoms with Gasteiger partial charge < -0.3 is 14.0 Å². The van der Waals surface area contributed by atoms with E-state index in [4.69, 9.17) is 32.7 Å². The van der Waals surface area contributed by atoms with E-state index in [2.05, 4.69) is 4.98 Å². The van der Waals surface area contributed by atoms with E-state index < -0.39 is 5.79 Å². The van der Waals surface area contributed by atoms with Gasteiger partial charge in [-0.1, -0.05) is 29.3 Å². The Balaban J connectivity index is 1.75. The molecule has 0 aliphatic carbocycles. The maximum absolute atomic E-state index is 6.34. The highest BCUT2D eigenvalue weighted by atomic mass is 35.5. The second-order valence-corrected chi connectivity index (χ2v) is 6.27. The highest BCUT2D eigenvalue weighted by Crippen LogP contribution is 2.40. The summed E-state index contributed by atoms with van der Waals surface area (Å²) in [5.41, 5.74) is 2.04. The predicted molar refractivity (Wildman–Crippen MR) is 86.2 cm³/mol. The summed E-state index contributed by atoms with van der Waals surface area (Å²) in [4.78, 5) is 4.14. The number of aromatic nitrogens is 2. The van der Waals surface area contributed by atoms with Gasteiger partial charge in [0, 0.05) is 35.9 Å². The van der Waals surface area contributed by atoms with E-state index in [1.165, 1.54) is 5.69 Å². The van der Waals surface area contributed by atoms with Gasteiger partial charge in [-0.25, -0.2) is 4.98 Å². The van der Waals surface area contributed by atoms with Gasteiger partial charge >= 0.3 is 0 Å². The Labute approximate surface area is 140 Å². The van der Waals surface area contributed by atoms with Crippen LogP contribution >= 0.6 is 23.2 Å². The number of imidazole rings is 1. The third-order valence-electron chi connectivity index (χ3n) is 3.95. The van der Waals surface area contributed by atoms with E-state index >= 15 is 0 Å². The lowest BCUT2D eigenvalue weighted by molar-refractivity contribution is -0.171. The van der Waals surface area contributed by atoms with Gasteiger partial charge in [0.15, 0.2) is 5.79 Å². The standard InChI is InChI=1S/C16H18Cl2N2O2/c1-20-11-19-10-13(20)3-2-6-16(21-7-8-22-16)14-5-4-12(17)9-15(14)18/h4-5,9-11H,2-3,6-8H2,1H3. The Morgan fingerprint density at radius 1 is 1.27 bits per heavy atom. The molecule has 1 fully saturated rings. The number of rotatable bonds is 5. The minimum Gasteiger partial charge on any atom is -0.343 e. The van der Waals surface area contributed by atoms with Crippen LogP contribution in [0.5, 0.6) is 0 Å². The Hall–Kier alpha value is -1.07. The first-order valence-electron chi connectivity index (χ1n) is 7.29. The monoisotopic (exact) mass is 340 g/mol. The maximum atomic E-state index is 6.34. The zero-order valence-corrected chi connectivity index (χ0v) is 13.9. The summed E-state index contributed by atoms with van der Waals surface area (Å²) in [6.07, 6.45) is 6.26. The molecule has 3 rings (SSSR count). The van der Waals surface area contributed by atoms with Crippen LogP contribution < -0.4 is 0 Å². The fourth-order valence-electron chi connectivity index (χ4n) is 2.82. The summed E-state index contributed by atoms with van der Waals surface area (Å²) in [5, 5.41) is 1.19. The number of halogens is 2. The summed E-state index contributed by atoms with van der Waals surface area (Å²) >= 11 is 12.3. The molecule has 1 aromatic heterocycles. The predicted octanol–water partition coefficient (Wildman–Crippen LogP) is 3.95. The van der Waals surface area contributed by atoms with Crippen LogP contribution in [0.15, 0.2) is 30.7 Å². The van der Waals surface area contributed by atoms with Gasteiger partial charge in [0.2, 0.25) is 0 Å². The van der Waals surface area contributed by atoms with Crippen LogP contribution in [0.2, 0.25) is 10.0 Å². The van der Waals surface area contributed by atoms with Gasteiger partial charge in [-0.05, 0) is 25.0 Å². The maximum Gasteiger partial charge on any atom is 0.196 e. The molecule has 2 heterocycles. The zero-order chi connectivity index (χ0) is 15.6. The van der Waals surface area contributed by atoms with E-state index in [0.717, 1.165) is 24.8 Å². The molecular formula is C16H18Cl2N2O2. The molecule has 1 aromatic carbocycles. The van der Waals surface area contributed by atoms with Crippen LogP contribution in [0.25, 0.3) is 0 Å². The quantitative estimate of drug-likeness (QED) is 0.826. The molecule has 0 atom stereocenters. The molecule has 0 amide bonds. The second-order valence-electron chi connectivity index (χ2n) is 5.42. The first-order valence-corrected chi connectivity index (χ1v) is 8.05. The summed E-state index contributed by atoms with van der Waals surface area (Å²) in [6.45, 7) is 1.15. The smallest absolute Gasteiger partial charge is 0.196 e. The number of benzene rings is 1. The van der Waals surface area contributed by atoms with Crippen molar-refractivity contribution in [2.75, 3.05) is 13.2 Å². The van der Waals surface area contributed by atoms with Crippen molar-refractivity contribution in [3.63, 3.8) is 0 Å². The molecule has 2 aromatic rings.